The lowest BCUT2D eigenvalue weighted by Crippen LogP contribution is -2.32. The summed E-state index contributed by atoms with van der Waals surface area (Å²) in [6.07, 6.45) is 3.31. The molecule has 2 unspecified atom stereocenters. The van der Waals surface area contributed by atoms with Crippen molar-refractivity contribution in [1.82, 2.24) is 0 Å². The van der Waals surface area contributed by atoms with Crippen LogP contribution >= 0.6 is 11.8 Å². The molecule has 1 fully saturated rings. The van der Waals surface area contributed by atoms with Gasteiger partial charge in [0.1, 0.15) is 0 Å². The average Bonchev–Trinajstić information content (AvgIpc) is 2.41. The third-order valence-corrected chi connectivity index (χ3v) is 3.10. The zero-order chi connectivity index (χ0) is 16.7. The Morgan fingerprint density at radius 1 is 1.38 bits per heavy atom. The second kappa shape index (κ2) is 15.6. The summed E-state index contributed by atoms with van der Waals surface area (Å²) in [5.41, 5.74) is 0. The van der Waals surface area contributed by atoms with Gasteiger partial charge in [0.15, 0.2) is 11.2 Å². The first-order valence-corrected chi connectivity index (χ1v) is 8.39. The third kappa shape index (κ3) is 15.4. The van der Waals surface area contributed by atoms with Gasteiger partial charge in [-0.05, 0) is 38.4 Å². The zero-order valence-electron chi connectivity index (χ0n) is 14.0. The Morgan fingerprint density at radius 2 is 1.95 bits per heavy atom. The normalized spacial score (nSPS) is 20.0. The van der Waals surface area contributed by atoms with Gasteiger partial charge < -0.3 is 9.47 Å². The van der Waals surface area contributed by atoms with Crippen LogP contribution in [0.3, 0.4) is 0 Å². The molecule has 1 aliphatic rings. The van der Waals surface area contributed by atoms with Gasteiger partial charge in [0, 0.05) is 6.92 Å². The topological polar surface area (TPSA) is 52.6 Å². The van der Waals surface area contributed by atoms with Crippen molar-refractivity contribution in [3.63, 3.8) is 0 Å². The second-order valence-corrected chi connectivity index (χ2v) is 6.03. The van der Waals surface area contributed by atoms with Crippen LogP contribution in [-0.2, 0) is 19.1 Å². The zero-order valence-corrected chi connectivity index (χ0v) is 14.8. The van der Waals surface area contributed by atoms with Crippen LogP contribution in [0.2, 0.25) is 0 Å². The fraction of sp³-hybridized carbons (Fsp3) is 0.750. The highest BCUT2D eigenvalue weighted by molar-refractivity contribution is 8.13. The second-order valence-electron chi connectivity index (χ2n) is 4.59. The molecule has 0 aromatic heterocycles. The molecule has 0 radical (unpaired) electrons. The van der Waals surface area contributed by atoms with Crippen molar-refractivity contribution in [3.8, 4) is 0 Å². The Labute approximate surface area is 133 Å². The van der Waals surface area contributed by atoms with E-state index in [4.69, 9.17) is 9.47 Å². The number of hydrogen-bond donors (Lipinski definition) is 0. The highest BCUT2D eigenvalue weighted by Crippen LogP contribution is 2.18. The van der Waals surface area contributed by atoms with Gasteiger partial charge in [0.2, 0.25) is 0 Å². The number of carbonyl (C=O) groups is 2. The largest absolute Gasteiger partial charge is 0.464 e. The molecule has 1 aliphatic heterocycles. The lowest BCUT2D eigenvalue weighted by atomic mass is 10.0. The molecule has 21 heavy (non-hydrogen) atoms. The van der Waals surface area contributed by atoms with Gasteiger partial charge in [0.05, 0.1) is 13.2 Å². The summed E-state index contributed by atoms with van der Waals surface area (Å²) in [6, 6.07) is 0. The summed E-state index contributed by atoms with van der Waals surface area (Å²) in [6.45, 7) is 13.8. The molecular formula is C16H30O4S. The maximum absolute atomic E-state index is 11.2. The fourth-order valence-corrected chi connectivity index (χ4v) is 1.91. The predicted molar refractivity (Wildman–Crippen MR) is 89.5 cm³/mol. The van der Waals surface area contributed by atoms with Crippen LogP contribution in [0.1, 0.15) is 47.5 Å². The minimum absolute atomic E-state index is 0.204. The van der Waals surface area contributed by atoms with E-state index in [9.17, 15) is 9.59 Å². The standard InChI is InChI=1S/C9H16O3.C4H8OS.C3H6/c1-3-11-9(10)8-5-4-7(2)6-12-8;1-3-6-4(2)5;1-3-2/h7-8H,3-6H2,1-2H3;3H2,1-2H3;3H,1H2,2H3. The summed E-state index contributed by atoms with van der Waals surface area (Å²) < 4.78 is 10.2. The molecule has 1 rings (SSSR count). The van der Waals surface area contributed by atoms with E-state index in [0.717, 1.165) is 18.6 Å². The molecule has 0 aromatic carbocycles. The summed E-state index contributed by atoms with van der Waals surface area (Å²) in [4.78, 5) is 21.2. The van der Waals surface area contributed by atoms with Gasteiger partial charge in [-0.1, -0.05) is 31.7 Å². The maximum atomic E-state index is 11.2. The van der Waals surface area contributed by atoms with E-state index in [-0.39, 0.29) is 17.2 Å². The first-order chi connectivity index (χ1) is 9.92. The molecule has 0 bridgehead atoms. The highest BCUT2D eigenvalue weighted by Gasteiger charge is 2.25. The molecule has 0 amide bonds. The first-order valence-electron chi connectivity index (χ1n) is 7.41. The van der Waals surface area contributed by atoms with Crippen LogP contribution in [0.5, 0.6) is 0 Å². The molecule has 5 heteroatoms. The van der Waals surface area contributed by atoms with Gasteiger partial charge >= 0.3 is 5.97 Å². The number of hydrogen-bond acceptors (Lipinski definition) is 5. The van der Waals surface area contributed by atoms with Gasteiger partial charge in [-0.25, -0.2) is 4.79 Å². The molecule has 0 spiro atoms. The third-order valence-electron chi connectivity index (χ3n) is 2.40. The van der Waals surface area contributed by atoms with Crippen molar-refractivity contribution in [3.05, 3.63) is 12.7 Å². The van der Waals surface area contributed by atoms with Crippen molar-refractivity contribution in [1.29, 1.82) is 0 Å². The lowest BCUT2D eigenvalue weighted by Gasteiger charge is -2.24. The maximum Gasteiger partial charge on any atom is 0.335 e. The Morgan fingerprint density at radius 3 is 2.24 bits per heavy atom. The molecule has 0 N–H and O–H groups in total. The minimum atomic E-state index is -0.304. The van der Waals surface area contributed by atoms with E-state index in [1.54, 1.807) is 13.0 Å². The van der Waals surface area contributed by atoms with E-state index in [0.29, 0.717) is 19.1 Å². The fourth-order valence-electron chi connectivity index (χ4n) is 1.51. The number of carbonyl (C=O) groups excluding carboxylic acids is 2. The molecule has 1 heterocycles. The first kappa shape index (κ1) is 22.5. The quantitative estimate of drug-likeness (QED) is 0.584. The van der Waals surface area contributed by atoms with Crippen molar-refractivity contribution < 1.29 is 19.1 Å². The van der Waals surface area contributed by atoms with Crippen molar-refractivity contribution in [2.75, 3.05) is 19.0 Å². The Balaban J connectivity index is 0. The summed E-state index contributed by atoms with van der Waals surface area (Å²) in [5, 5.41) is 0.206. The van der Waals surface area contributed by atoms with Gasteiger partial charge in [-0.3, -0.25) is 4.79 Å². The number of allylic oxidation sites excluding steroid dienone is 1. The summed E-state index contributed by atoms with van der Waals surface area (Å²) in [7, 11) is 0. The van der Waals surface area contributed by atoms with Crippen LogP contribution in [0.15, 0.2) is 12.7 Å². The SMILES string of the molecule is C=CC.CCOC(=O)C1CCC(C)CO1.CCSC(C)=O. The van der Waals surface area contributed by atoms with Crippen molar-refractivity contribution in [2.45, 2.75) is 53.6 Å². The van der Waals surface area contributed by atoms with E-state index >= 15 is 0 Å². The van der Waals surface area contributed by atoms with E-state index in [2.05, 4.69) is 13.5 Å². The van der Waals surface area contributed by atoms with Gasteiger partial charge in [-0.2, -0.15) is 0 Å². The number of rotatable bonds is 3. The monoisotopic (exact) mass is 318 g/mol. The van der Waals surface area contributed by atoms with E-state index < -0.39 is 0 Å². The molecule has 1 saturated heterocycles. The van der Waals surface area contributed by atoms with Crippen LogP contribution in [-0.4, -0.2) is 36.2 Å². The van der Waals surface area contributed by atoms with Crippen LogP contribution < -0.4 is 0 Å². The Hall–Kier alpha value is -0.810. The molecule has 0 aliphatic carbocycles. The number of esters is 1. The number of thioether (sulfide) groups is 1. The Bertz CT molecular complexity index is 284. The highest BCUT2D eigenvalue weighted by atomic mass is 32.2. The lowest BCUT2D eigenvalue weighted by molar-refractivity contribution is -0.161. The minimum Gasteiger partial charge on any atom is -0.464 e. The van der Waals surface area contributed by atoms with Crippen LogP contribution in [0.4, 0.5) is 0 Å². The predicted octanol–water partition coefficient (Wildman–Crippen LogP) is 3.84. The number of ether oxygens (including phenoxy) is 2. The van der Waals surface area contributed by atoms with Crippen LogP contribution in [0.25, 0.3) is 0 Å². The van der Waals surface area contributed by atoms with Crippen molar-refractivity contribution >= 4 is 22.8 Å². The summed E-state index contributed by atoms with van der Waals surface area (Å²) >= 11 is 1.35. The van der Waals surface area contributed by atoms with Crippen LogP contribution in [0, 0.1) is 5.92 Å². The Kier molecular flexibility index (Phi) is 16.7. The van der Waals surface area contributed by atoms with E-state index in [1.807, 2.05) is 20.8 Å². The van der Waals surface area contributed by atoms with Crippen molar-refractivity contribution in [2.24, 2.45) is 5.92 Å². The molecular weight excluding hydrogens is 288 g/mol. The smallest absolute Gasteiger partial charge is 0.335 e. The van der Waals surface area contributed by atoms with Gasteiger partial charge in [0.25, 0.3) is 0 Å². The van der Waals surface area contributed by atoms with E-state index in [1.165, 1.54) is 11.8 Å². The molecule has 0 saturated carbocycles. The summed E-state index contributed by atoms with van der Waals surface area (Å²) in [5.74, 6) is 1.27. The molecule has 0 aromatic rings. The average molecular weight is 318 g/mol. The van der Waals surface area contributed by atoms with Gasteiger partial charge in [-0.15, -0.1) is 6.58 Å². The molecule has 4 nitrogen and oxygen atoms in total. The molecule has 2 atom stereocenters. The molecule has 124 valence electrons.